The Labute approximate surface area is 130 Å². The molecule has 0 aliphatic carbocycles. The average molecular weight is 328 g/mol. The average Bonchev–Trinajstić information content (AvgIpc) is 2.46. The van der Waals surface area contributed by atoms with Crippen molar-refractivity contribution >= 4 is 16.2 Å². The highest BCUT2D eigenvalue weighted by molar-refractivity contribution is 7.85. The number of nitrogens with zero attached hydrogens (tertiary/aromatic N) is 2. The van der Waals surface area contributed by atoms with Crippen molar-refractivity contribution in [2.45, 2.75) is 12.6 Å². The Hall–Kier alpha value is -1.64. The molecule has 1 aromatic rings. The van der Waals surface area contributed by atoms with Crippen LogP contribution in [-0.2, 0) is 20.8 Å². The van der Waals surface area contributed by atoms with Crippen LogP contribution in [0.15, 0.2) is 30.3 Å². The van der Waals surface area contributed by atoms with Gasteiger partial charge in [-0.1, -0.05) is 30.3 Å². The van der Waals surface area contributed by atoms with E-state index in [9.17, 15) is 13.2 Å². The van der Waals surface area contributed by atoms with Crippen LogP contribution < -0.4 is 0 Å². The highest BCUT2D eigenvalue weighted by atomic mass is 32.2. The van der Waals surface area contributed by atoms with E-state index in [1.54, 1.807) is 0 Å². The van der Waals surface area contributed by atoms with E-state index in [4.69, 9.17) is 9.29 Å². The number of piperazine rings is 1. The lowest BCUT2D eigenvalue weighted by Gasteiger charge is -2.40. The molecule has 1 N–H and O–H groups in total. The molecule has 0 spiro atoms. The second-order valence-electron chi connectivity index (χ2n) is 5.33. The molecule has 8 heteroatoms. The Morgan fingerprint density at radius 1 is 1.32 bits per heavy atom. The van der Waals surface area contributed by atoms with Gasteiger partial charge in [-0.2, -0.15) is 8.42 Å². The maximum Gasteiger partial charge on any atom is 0.407 e. The predicted molar refractivity (Wildman–Crippen MR) is 81.0 cm³/mol. The summed E-state index contributed by atoms with van der Waals surface area (Å²) in [6.07, 6.45) is -0.00417. The van der Waals surface area contributed by atoms with Gasteiger partial charge in [0, 0.05) is 26.2 Å². The Morgan fingerprint density at radius 3 is 2.59 bits per heavy atom. The monoisotopic (exact) mass is 328 g/mol. The van der Waals surface area contributed by atoms with Crippen LogP contribution in [0.5, 0.6) is 0 Å². The fourth-order valence-electron chi connectivity index (χ4n) is 2.45. The van der Waals surface area contributed by atoms with Crippen molar-refractivity contribution in [3.63, 3.8) is 0 Å². The van der Waals surface area contributed by atoms with Crippen LogP contribution in [-0.4, -0.2) is 68.0 Å². The van der Waals surface area contributed by atoms with Crippen molar-refractivity contribution in [3.8, 4) is 0 Å². The van der Waals surface area contributed by atoms with Gasteiger partial charge in [-0.05, 0) is 5.56 Å². The van der Waals surface area contributed by atoms with Gasteiger partial charge in [-0.3, -0.25) is 9.08 Å². The fourth-order valence-corrected chi connectivity index (χ4v) is 2.86. The first-order chi connectivity index (χ1) is 10.3. The number of hydrogen-bond acceptors (Lipinski definition) is 5. The van der Waals surface area contributed by atoms with Crippen LogP contribution in [0.3, 0.4) is 0 Å². The predicted octanol–water partition coefficient (Wildman–Crippen LogP) is 0.827. The normalized spacial score (nSPS) is 20.0. The summed E-state index contributed by atoms with van der Waals surface area (Å²) in [4.78, 5) is 14.5. The minimum atomic E-state index is -3.55. The highest BCUT2D eigenvalue weighted by Crippen LogP contribution is 2.15. The minimum absolute atomic E-state index is 0.0462. The summed E-state index contributed by atoms with van der Waals surface area (Å²) in [5, 5.41) is 9.11. The smallest absolute Gasteiger partial charge is 0.407 e. The van der Waals surface area contributed by atoms with Crippen LogP contribution in [0.25, 0.3) is 0 Å². The first-order valence-electron chi connectivity index (χ1n) is 6.95. The molecular weight excluding hydrogens is 308 g/mol. The van der Waals surface area contributed by atoms with Crippen molar-refractivity contribution in [1.29, 1.82) is 0 Å². The SMILES string of the molecule is CS(=O)(=O)OCC1CN(C(=O)O)CCN1Cc1ccccc1. The molecule has 1 aliphatic rings. The molecule has 1 atom stereocenters. The summed E-state index contributed by atoms with van der Waals surface area (Å²) >= 11 is 0. The number of carboxylic acid groups (broad SMARTS) is 1. The fraction of sp³-hybridized carbons (Fsp3) is 0.500. The zero-order valence-corrected chi connectivity index (χ0v) is 13.2. The lowest BCUT2D eigenvalue weighted by molar-refractivity contribution is 0.0436. The van der Waals surface area contributed by atoms with Gasteiger partial charge in [0.05, 0.1) is 18.9 Å². The van der Waals surface area contributed by atoms with E-state index < -0.39 is 16.2 Å². The molecule has 2 rings (SSSR count). The first-order valence-corrected chi connectivity index (χ1v) is 8.77. The molecule has 0 bridgehead atoms. The van der Waals surface area contributed by atoms with Gasteiger partial charge in [0.2, 0.25) is 0 Å². The standard InChI is InChI=1S/C14H20N2O5S/c1-22(19,20)21-11-13-10-16(14(17)18)8-7-15(13)9-12-5-3-2-4-6-12/h2-6,13H,7-11H2,1H3,(H,17,18). The molecule has 1 unspecified atom stereocenters. The molecule has 1 saturated heterocycles. The second kappa shape index (κ2) is 7.08. The highest BCUT2D eigenvalue weighted by Gasteiger charge is 2.30. The van der Waals surface area contributed by atoms with Crippen LogP contribution >= 0.6 is 0 Å². The second-order valence-corrected chi connectivity index (χ2v) is 6.97. The van der Waals surface area contributed by atoms with E-state index in [1.807, 2.05) is 30.3 Å². The molecule has 0 aromatic heterocycles. The zero-order chi connectivity index (χ0) is 16.2. The van der Waals surface area contributed by atoms with Gasteiger partial charge >= 0.3 is 6.09 Å². The Morgan fingerprint density at radius 2 is 2.00 bits per heavy atom. The van der Waals surface area contributed by atoms with Crippen molar-refractivity contribution < 1.29 is 22.5 Å². The van der Waals surface area contributed by atoms with Gasteiger partial charge in [0.1, 0.15) is 0 Å². The number of hydrogen-bond donors (Lipinski definition) is 1. The third kappa shape index (κ3) is 4.97. The lowest BCUT2D eigenvalue weighted by atomic mass is 10.1. The van der Waals surface area contributed by atoms with Crippen molar-refractivity contribution in [2.24, 2.45) is 0 Å². The number of amides is 1. The maximum absolute atomic E-state index is 11.2. The number of rotatable bonds is 5. The molecule has 1 fully saturated rings. The van der Waals surface area contributed by atoms with Crippen LogP contribution in [0.2, 0.25) is 0 Å². The molecule has 1 heterocycles. The van der Waals surface area contributed by atoms with E-state index in [2.05, 4.69) is 4.90 Å². The Balaban J connectivity index is 2.06. The quantitative estimate of drug-likeness (QED) is 0.806. The van der Waals surface area contributed by atoms with Crippen molar-refractivity contribution in [2.75, 3.05) is 32.5 Å². The molecular formula is C14H20N2O5S. The van der Waals surface area contributed by atoms with Crippen LogP contribution in [0.1, 0.15) is 5.56 Å². The summed E-state index contributed by atoms with van der Waals surface area (Å²) in [7, 11) is -3.55. The van der Waals surface area contributed by atoms with Gasteiger partial charge in [-0.15, -0.1) is 0 Å². The van der Waals surface area contributed by atoms with Crippen molar-refractivity contribution in [3.05, 3.63) is 35.9 Å². The van der Waals surface area contributed by atoms with E-state index >= 15 is 0 Å². The topological polar surface area (TPSA) is 87.2 Å². The summed E-state index contributed by atoms with van der Waals surface area (Å²) in [5.74, 6) is 0. The number of carbonyl (C=O) groups is 1. The van der Waals surface area contributed by atoms with Gasteiger partial charge < -0.3 is 10.0 Å². The van der Waals surface area contributed by atoms with Gasteiger partial charge in [-0.25, -0.2) is 4.79 Å². The summed E-state index contributed by atoms with van der Waals surface area (Å²) in [5.41, 5.74) is 1.09. The zero-order valence-electron chi connectivity index (χ0n) is 12.4. The maximum atomic E-state index is 11.2. The molecule has 1 amide bonds. The minimum Gasteiger partial charge on any atom is -0.465 e. The van der Waals surface area contributed by atoms with E-state index in [-0.39, 0.29) is 19.2 Å². The largest absolute Gasteiger partial charge is 0.465 e. The van der Waals surface area contributed by atoms with Crippen molar-refractivity contribution in [1.82, 2.24) is 9.80 Å². The number of benzene rings is 1. The van der Waals surface area contributed by atoms with Crippen LogP contribution in [0, 0.1) is 0 Å². The molecule has 22 heavy (non-hydrogen) atoms. The molecule has 1 aliphatic heterocycles. The third-order valence-corrected chi connectivity index (χ3v) is 4.14. The summed E-state index contributed by atoms with van der Waals surface area (Å²) in [6.45, 7) is 1.76. The summed E-state index contributed by atoms with van der Waals surface area (Å²) in [6, 6.07) is 9.47. The Kier molecular flexibility index (Phi) is 5.38. The lowest BCUT2D eigenvalue weighted by Crippen LogP contribution is -2.55. The van der Waals surface area contributed by atoms with Gasteiger partial charge in [0.25, 0.3) is 10.1 Å². The molecule has 122 valence electrons. The molecule has 0 saturated carbocycles. The summed E-state index contributed by atoms with van der Waals surface area (Å²) < 4.78 is 27.2. The molecule has 0 radical (unpaired) electrons. The third-order valence-electron chi connectivity index (χ3n) is 3.58. The van der Waals surface area contributed by atoms with E-state index in [1.165, 1.54) is 4.90 Å². The molecule has 1 aromatic carbocycles. The first kappa shape index (κ1) is 16.7. The Bertz CT molecular complexity index is 605. The van der Waals surface area contributed by atoms with Crippen LogP contribution in [0.4, 0.5) is 4.79 Å². The molecule has 7 nitrogen and oxygen atoms in total. The van der Waals surface area contributed by atoms with E-state index in [0.717, 1.165) is 11.8 Å². The van der Waals surface area contributed by atoms with E-state index in [0.29, 0.717) is 19.6 Å². The van der Waals surface area contributed by atoms with Gasteiger partial charge in [0.15, 0.2) is 0 Å².